The lowest BCUT2D eigenvalue weighted by Gasteiger charge is -2.20. The van der Waals surface area contributed by atoms with E-state index in [-0.39, 0.29) is 29.6 Å². The van der Waals surface area contributed by atoms with Gasteiger partial charge in [0.05, 0.1) is 6.54 Å². The predicted octanol–water partition coefficient (Wildman–Crippen LogP) is 12.1. The minimum atomic E-state index is -0.293. The Labute approximate surface area is 281 Å². The first-order valence-corrected chi connectivity index (χ1v) is 18.6. The number of esters is 1. The Hall–Kier alpha value is -2.66. The second-order valence-corrected chi connectivity index (χ2v) is 14.2. The molecule has 2 aromatic carbocycles. The monoisotopic (exact) mass is 635 g/mol. The van der Waals surface area contributed by atoms with Crippen molar-refractivity contribution in [3.05, 3.63) is 53.6 Å². The number of rotatable bonds is 26. The number of unbranched alkanes of at least 4 members (excludes halogenated alkanes) is 18. The summed E-state index contributed by atoms with van der Waals surface area (Å²) in [6.07, 6.45) is 25.4. The zero-order valence-electron chi connectivity index (χ0n) is 30.0. The van der Waals surface area contributed by atoms with Gasteiger partial charge in [0.1, 0.15) is 5.75 Å². The van der Waals surface area contributed by atoms with Crippen molar-refractivity contribution < 1.29 is 19.1 Å². The van der Waals surface area contributed by atoms with Crippen LogP contribution in [0.3, 0.4) is 0 Å². The summed E-state index contributed by atoms with van der Waals surface area (Å²) in [5.74, 6) is 0.997. The van der Waals surface area contributed by atoms with Crippen LogP contribution in [0.25, 0.3) is 0 Å². The zero-order valence-corrected chi connectivity index (χ0v) is 30.0. The van der Waals surface area contributed by atoms with Crippen LogP contribution in [-0.2, 0) is 4.79 Å². The Morgan fingerprint density at radius 1 is 0.630 bits per heavy atom. The van der Waals surface area contributed by atoms with Crippen molar-refractivity contribution >= 4 is 11.8 Å². The standard InChI is InChI=1S/C41H65NO4/c1-6-7-8-9-10-11-12-13-14-15-16-17-18-19-20-21-22-23-24-25-40(44)46-39-32-35(37(43)33-42-41(3,4)5)28-31-38(39)45-36-29-26-34(2)27-30-36/h26-32,42H,6-25,33H2,1-5H3. The summed E-state index contributed by atoms with van der Waals surface area (Å²) in [6, 6.07) is 12.8. The number of benzene rings is 2. The molecule has 0 amide bonds. The van der Waals surface area contributed by atoms with Crippen LogP contribution in [0.15, 0.2) is 42.5 Å². The van der Waals surface area contributed by atoms with Crippen LogP contribution < -0.4 is 14.8 Å². The third-order valence-corrected chi connectivity index (χ3v) is 8.50. The lowest BCUT2D eigenvalue weighted by molar-refractivity contribution is -0.134. The van der Waals surface area contributed by atoms with Crippen LogP contribution >= 0.6 is 0 Å². The van der Waals surface area contributed by atoms with Crippen molar-refractivity contribution in [2.45, 2.75) is 169 Å². The highest BCUT2D eigenvalue weighted by Crippen LogP contribution is 2.33. The van der Waals surface area contributed by atoms with E-state index in [1.165, 1.54) is 103 Å². The molecule has 1 N–H and O–H groups in total. The van der Waals surface area contributed by atoms with Crippen molar-refractivity contribution in [2.24, 2.45) is 0 Å². The normalized spacial score (nSPS) is 11.5. The van der Waals surface area contributed by atoms with Gasteiger partial charge in [0.15, 0.2) is 17.3 Å². The fourth-order valence-corrected chi connectivity index (χ4v) is 5.55. The summed E-state index contributed by atoms with van der Waals surface area (Å²) in [7, 11) is 0. The van der Waals surface area contributed by atoms with Gasteiger partial charge in [-0.15, -0.1) is 0 Å². The number of carbonyl (C=O) groups is 2. The van der Waals surface area contributed by atoms with Gasteiger partial charge in [0.2, 0.25) is 0 Å². The Morgan fingerprint density at radius 2 is 1.11 bits per heavy atom. The van der Waals surface area contributed by atoms with Gasteiger partial charge in [0, 0.05) is 17.5 Å². The summed E-state index contributed by atoms with van der Waals surface area (Å²) >= 11 is 0. The van der Waals surface area contributed by atoms with Gasteiger partial charge < -0.3 is 14.8 Å². The first-order valence-electron chi connectivity index (χ1n) is 18.6. The van der Waals surface area contributed by atoms with Crippen LogP contribution in [-0.4, -0.2) is 23.8 Å². The smallest absolute Gasteiger partial charge is 0.311 e. The molecule has 0 saturated heterocycles. The number of carbonyl (C=O) groups excluding carboxylic acids is 2. The molecule has 0 atom stereocenters. The molecule has 0 unspecified atom stereocenters. The fraction of sp³-hybridized carbons (Fsp3) is 0.659. The maximum atomic E-state index is 12.9. The molecule has 0 heterocycles. The quantitative estimate of drug-likeness (QED) is 0.0482. The average Bonchev–Trinajstić information content (AvgIpc) is 3.02. The molecule has 0 aliphatic carbocycles. The van der Waals surface area contributed by atoms with E-state index >= 15 is 0 Å². The zero-order chi connectivity index (χ0) is 33.5. The number of ketones is 1. The van der Waals surface area contributed by atoms with E-state index in [0.717, 1.165) is 24.8 Å². The molecule has 0 aromatic heterocycles. The van der Waals surface area contributed by atoms with E-state index in [2.05, 4.69) is 12.2 Å². The van der Waals surface area contributed by atoms with Crippen LogP contribution in [0.5, 0.6) is 17.2 Å². The molecule has 258 valence electrons. The van der Waals surface area contributed by atoms with Crippen molar-refractivity contribution in [3.8, 4) is 17.2 Å². The second kappa shape index (κ2) is 23.6. The molecular weight excluding hydrogens is 570 g/mol. The van der Waals surface area contributed by atoms with E-state index in [1.54, 1.807) is 18.2 Å². The van der Waals surface area contributed by atoms with Gasteiger partial charge in [-0.25, -0.2) is 0 Å². The van der Waals surface area contributed by atoms with Crippen molar-refractivity contribution in [1.29, 1.82) is 0 Å². The third kappa shape index (κ3) is 19.1. The van der Waals surface area contributed by atoms with Gasteiger partial charge >= 0.3 is 5.97 Å². The molecule has 0 bridgehead atoms. The predicted molar refractivity (Wildman–Crippen MR) is 193 cm³/mol. The number of aryl methyl sites for hydroxylation is 1. The molecule has 0 radical (unpaired) electrons. The second-order valence-electron chi connectivity index (χ2n) is 14.2. The topological polar surface area (TPSA) is 64.6 Å². The molecule has 0 spiro atoms. The summed E-state index contributed by atoms with van der Waals surface area (Å²) in [6.45, 7) is 10.6. The molecule has 5 nitrogen and oxygen atoms in total. The molecule has 0 fully saturated rings. The summed E-state index contributed by atoms with van der Waals surface area (Å²) in [5.41, 5.74) is 1.44. The maximum Gasteiger partial charge on any atom is 0.311 e. The highest BCUT2D eigenvalue weighted by atomic mass is 16.6. The molecule has 0 aliphatic heterocycles. The summed E-state index contributed by atoms with van der Waals surface area (Å²) < 4.78 is 11.8. The largest absolute Gasteiger partial charge is 0.453 e. The number of hydrogen-bond donors (Lipinski definition) is 1. The first-order chi connectivity index (χ1) is 22.2. The maximum absolute atomic E-state index is 12.9. The third-order valence-electron chi connectivity index (χ3n) is 8.50. The number of Topliss-reactive ketones (excluding diaryl/α,β-unsaturated/α-hetero) is 1. The SMILES string of the molecule is CCCCCCCCCCCCCCCCCCCCCC(=O)Oc1cc(C(=O)CNC(C)(C)C)ccc1Oc1ccc(C)cc1. The van der Waals surface area contributed by atoms with Crippen molar-refractivity contribution in [1.82, 2.24) is 5.32 Å². The van der Waals surface area contributed by atoms with E-state index in [1.807, 2.05) is 52.0 Å². The van der Waals surface area contributed by atoms with Crippen LogP contribution in [0.2, 0.25) is 0 Å². The lowest BCUT2D eigenvalue weighted by Crippen LogP contribution is -2.39. The van der Waals surface area contributed by atoms with Gasteiger partial charge in [-0.3, -0.25) is 9.59 Å². The minimum Gasteiger partial charge on any atom is -0.453 e. The lowest BCUT2D eigenvalue weighted by atomic mass is 10.0. The highest BCUT2D eigenvalue weighted by molar-refractivity contribution is 5.98. The molecule has 2 aromatic rings. The number of ether oxygens (including phenoxy) is 2. The van der Waals surface area contributed by atoms with Gasteiger partial charge in [-0.05, 0) is 64.4 Å². The van der Waals surface area contributed by atoms with Crippen molar-refractivity contribution in [2.75, 3.05) is 6.54 Å². The van der Waals surface area contributed by atoms with Gasteiger partial charge in [-0.1, -0.05) is 140 Å². The Morgan fingerprint density at radius 3 is 1.59 bits per heavy atom. The van der Waals surface area contributed by atoms with Crippen LogP contribution in [0.4, 0.5) is 0 Å². The van der Waals surface area contributed by atoms with E-state index in [9.17, 15) is 9.59 Å². The molecular formula is C41H65NO4. The van der Waals surface area contributed by atoms with Gasteiger partial charge in [-0.2, -0.15) is 0 Å². The van der Waals surface area contributed by atoms with E-state index < -0.39 is 0 Å². The molecule has 5 heteroatoms. The fourth-order valence-electron chi connectivity index (χ4n) is 5.55. The Kier molecular flexibility index (Phi) is 20.3. The van der Waals surface area contributed by atoms with E-state index in [4.69, 9.17) is 9.47 Å². The van der Waals surface area contributed by atoms with Crippen molar-refractivity contribution in [3.63, 3.8) is 0 Å². The molecule has 46 heavy (non-hydrogen) atoms. The average molecular weight is 636 g/mol. The van der Waals surface area contributed by atoms with Crippen LogP contribution in [0, 0.1) is 6.92 Å². The Bertz CT molecular complexity index is 1100. The first kappa shape index (κ1) is 39.5. The number of nitrogens with one attached hydrogen (secondary N) is 1. The number of hydrogen-bond acceptors (Lipinski definition) is 5. The molecule has 0 saturated carbocycles. The summed E-state index contributed by atoms with van der Waals surface area (Å²) in [5, 5.41) is 3.23. The highest BCUT2D eigenvalue weighted by Gasteiger charge is 2.17. The Balaban J connectivity index is 1.63. The molecule has 0 aliphatic rings. The van der Waals surface area contributed by atoms with Gasteiger partial charge in [0.25, 0.3) is 0 Å². The van der Waals surface area contributed by atoms with E-state index in [0.29, 0.717) is 23.5 Å². The summed E-state index contributed by atoms with van der Waals surface area (Å²) in [4.78, 5) is 25.7. The minimum absolute atomic E-state index is 0.0621. The van der Waals surface area contributed by atoms with Crippen LogP contribution in [0.1, 0.15) is 172 Å². The molecule has 2 rings (SSSR count).